The zero-order valence-electron chi connectivity index (χ0n) is 22.4. The van der Waals surface area contributed by atoms with Gasteiger partial charge in [0, 0.05) is 17.8 Å². The Balaban J connectivity index is 1.57. The third kappa shape index (κ3) is 5.58. The molecule has 0 saturated heterocycles. The van der Waals surface area contributed by atoms with Crippen LogP contribution in [0.3, 0.4) is 0 Å². The molecule has 0 fully saturated rings. The summed E-state index contributed by atoms with van der Waals surface area (Å²) in [5, 5.41) is 0.902. The molecule has 0 aliphatic carbocycles. The van der Waals surface area contributed by atoms with Crippen LogP contribution in [0.25, 0.3) is 6.08 Å². The van der Waals surface area contributed by atoms with Gasteiger partial charge in [0.25, 0.3) is 11.1 Å². The molecule has 3 aromatic heterocycles. The molecular weight excluding hydrogens is 552 g/mol. The number of furan rings is 1. The zero-order chi connectivity index (χ0) is 28.6. The number of carbonyl (C=O) groups is 1. The molecule has 1 aliphatic rings. The maximum atomic E-state index is 13.8. The summed E-state index contributed by atoms with van der Waals surface area (Å²) in [4.78, 5) is 50.8. The van der Waals surface area contributed by atoms with Crippen LogP contribution in [0.2, 0.25) is 0 Å². The maximum absolute atomic E-state index is 13.8. The van der Waals surface area contributed by atoms with E-state index >= 15 is 0 Å². The van der Waals surface area contributed by atoms with Crippen molar-refractivity contribution in [2.24, 2.45) is 4.99 Å². The van der Waals surface area contributed by atoms with Gasteiger partial charge in [0.2, 0.25) is 0 Å². The van der Waals surface area contributed by atoms with E-state index in [-0.39, 0.29) is 17.2 Å². The monoisotopic (exact) mass is 578 g/mol. The number of methoxy groups -OCH3 is 1. The lowest BCUT2D eigenvalue weighted by Crippen LogP contribution is -2.40. The Morgan fingerprint density at radius 3 is 2.60 bits per heavy atom. The van der Waals surface area contributed by atoms with Gasteiger partial charge >= 0.3 is 5.97 Å². The molecule has 0 amide bonds. The molecular formula is C28H26N4O6S2. The molecule has 0 saturated carbocycles. The van der Waals surface area contributed by atoms with E-state index in [2.05, 4.69) is 15.0 Å². The molecule has 0 bridgehead atoms. The highest BCUT2D eigenvalue weighted by Crippen LogP contribution is 2.32. The number of benzene rings is 1. The Kier molecular flexibility index (Phi) is 7.63. The number of esters is 1. The van der Waals surface area contributed by atoms with Crippen LogP contribution in [-0.4, -0.2) is 33.7 Å². The quantitative estimate of drug-likeness (QED) is 0.261. The highest BCUT2D eigenvalue weighted by Gasteiger charge is 2.33. The first kappa shape index (κ1) is 27.4. The van der Waals surface area contributed by atoms with Crippen LogP contribution in [0.4, 0.5) is 0 Å². The predicted molar refractivity (Wildman–Crippen MR) is 150 cm³/mol. The lowest BCUT2D eigenvalue weighted by Gasteiger charge is -2.25. The van der Waals surface area contributed by atoms with Gasteiger partial charge in [-0.25, -0.2) is 14.8 Å². The number of aryl methyl sites for hydroxylation is 1. The van der Waals surface area contributed by atoms with Crippen molar-refractivity contribution < 1.29 is 18.7 Å². The topological polar surface area (TPSA) is 129 Å². The van der Waals surface area contributed by atoms with Crippen molar-refractivity contribution in [3.05, 3.63) is 101 Å². The van der Waals surface area contributed by atoms with Gasteiger partial charge in [-0.05, 0) is 69.3 Å². The average molecular weight is 579 g/mol. The lowest BCUT2D eigenvalue weighted by molar-refractivity contribution is -0.143. The van der Waals surface area contributed by atoms with Gasteiger partial charge in [-0.2, -0.15) is 0 Å². The lowest BCUT2D eigenvalue weighted by atomic mass is 9.96. The minimum absolute atomic E-state index is 0.249. The summed E-state index contributed by atoms with van der Waals surface area (Å²) in [5.74, 6) is 0.570. The summed E-state index contributed by atoms with van der Waals surface area (Å²) < 4.78 is 18.6. The van der Waals surface area contributed by atoms with E-state index in [1.54, 1.807) is 65.1 Å². The first-order valence-electron chi connectivity index (χ1n) is 12.4. The second-order valence-corrected chi connectivity index (χ2v) is 11.3. The molecule has 5 rings (SSSR count). The van der Waals surface area contributed by atoms with Crippen molar-refractivity contribution >= 4 is 35.1 Å². The number of aromatic amines is 1. The van der Waals surface area contributed by atoms with Gasteiger partial charge in [-0.1, -0.05) is 23.5 Å². The van der Waals surface area contributed by atoms with Crippen LogP contribution in [0.5, 0.6) is 5.75 Å². The number of rotatable bonds is 7. The number of nitrogens with one attached hydrogen (secondary N) is 1. The minimum Gasteiger partial charge on any atom is -0.497 e. The van der Waals surface area contributed by atoms with E-state index in [1.165, 1.54) is 33.7 Å². The van der Waals surface area contributed by atoms with E-state index in [4.69, 9.17) is 13.9 Å². The Bertz CT molecular complexity index is 1860. The number of aromatic nitrogens is 3. The summed E-state index contributed by atoms with van der Waals surface area (Å²) in [6.45, 7) is 7.02. The summed E-state index contributed by atoms with van der Waals surface area (Å²) in [7, 11) is 1.57. The summed E-state index contributed by atoms with van der Waals surface area (Å²) in [6.07, 6.45) is 1.30. The van der Waals surface area contributed by atoms with Crippen LogP contribution < -0.4 is 25.2 Å². The number of ether oxygens (including phenoxy) is 2. The Morgan fingerprint density at radius 2 is 1.93 bits per heavy atom. The molecule has 1 N–H and O–H groups in total. The third-order valence-electron chi connectivity index (χ3n) is 5.94. The van der Waals surface area contributed by atoms with Crippen LogP contribution in [0.1, 0.15) is 43.8 Å². The normalized spacial score (nSPS) is 15.2. The highest BCUT2D eigenvalue weighted by molar-refractivity contribution is 7.99. The van der Waals surface area contributed by atoms with Gasteiger partial charge in [-0.15, -0.1) is 0 Å². The number of carbonyl (C=O) groups excluding carboxylic acids is 1. The van der Waals surface area contributed by atoms with E-state index < -0.39 is 12.0 Å². The molecule has 1 unspecified atom stereocenters. The fourth-order valence-corrected chi connectivity index (χ4v) is 6.09. The molecule has 206 valence electrons. The van der Waals surface area contributed by atoms with Crippen LogP contribution in [-0.2, 0) is 9.53 Å². The number of allylic oxidation sites excluding steroid dienone is 1. The molecule has 1 atom stereocenters. The van der Waals surface area contributed by atoms with Crippen LogP contribution >= 0.6 is 23.1 Å². The third-order valence-corrected chi connectivity index (χ3v) is 7.73. The smallest absolute Gasteiger partial charge is 0.338 e. The van der Waals surface area contributed by atoms with Gasteiger partial charge in [0.05, 0.1) is 35.1 Å². The van der Waals surface area contributed by atoms with Gasteiger partial charge < -0.3 is 18.9 Å². The molecule has 40 heavy (non-hydrogen) atoms. The standard InChI is InChI=1S/C28H26N4O6S2/c1-14(2)37-26(35)23-16(4)30-28-32(24(23)17-6-8-18(36-5)9-7-17)25(34)20(39-28)13-19-10-11-22(38-19)40-27-29-15(3)12-21(33)31-27/h6-14,24H,1-5H3,(H,29,31,33)/b20-13+. The second-order valence-electron chi connectivity index (χ2n) is 9.26. The van der Waals surface area contributed by atoms with Crippen LogP contribution in [0, 0.1) is 6.92 Å². The van der Waals surface area contributed by atoms with Crippen molar-refractivity contribution in [1.29, 1.82) is 0 Å². The molecule has 0 radical (unpaired) electrons. The Hall–Kier alpha value is -4.16. The molecule has 1 aliphatic heterocycles. The molecule has 12 heteroatoms. The Labute approximate surface area is 236 Å². The van der Waals surface area contributed by atoms with Crippen molar-refractivity contribution in [1.82, 2.24) is 14.5 Å². The predicted octanol–water partition coefficient (Wildman–Crippen LogP) is 3.33. The first-order valence-corrected chi connectivity index (χ1v) is 14.0. The van der Waals surface area contributed by atoms with Crippen LogP contribution in [0.15, 0.2) is 83.0 Å². The zero-order valence-corrected chi connectivity index (χ0v) is 24.0. The van der Waals surface area contributed by atoms with E-state index in [0.29, 0.717) is 48.1 Å². The summed E-state index contributed by atoms with van der Waals surface area (Å²) >= 11 is 2.37. The number of fused-ring (bicyclic) bond motifs is 1. The van der Waals surface area contributed by atoms with Crippen molar-refractivity contribution in [3.8, 4) is 5.75 Å². The van der Waals surface area contributed by atoms with Gasteiger partial charge in [0.1, 0.15) is 11.5 Å². The van der Waals surface area contributed by atoms with E-state index in [1.807, 2.05) is 12.1 Å². The Morgan fingerprint density at radius 1 is 1.18 bits per heavy atom. The first-order chi connectivity index (χ1) is 19.1. The van der Waals surface area contributed by atoms with E-state index in [9.17, 15) is 14.4 Å². The highest BCUT2D eigenvalue weighted by atomic mass is 32.2. The largest absolute Gasteiger partial charge is 0.497 e. The SMILES string of the molecule is COc1ccc(C2C(C(=O)OC(C)C)=C(C)N=c3s/c(=C/c4ccc(Sc5nc(C)cc(=O)[nH]5)o4)c(=O)n32)cc1. The van der Waals surface area contributed by atoms with Gasteiger partial charge in [-0.3, -0.25) is 14.2 Å². The number of nitrogens with zero attached hydrogens (tertiary/aromatic N) is 3. The average Bonchev–Trinajstić information content (AvgIpc) is 3.45. The number of hydrogen-bond acceptors (Lipinski definition) is 10. The fourth-order valence-electron chi connectivity index (χ4n) is 4.25. The molecule has 4 aromatic rings. The minimum atomic E-state index is -0.734. The second kappa shape index (κ2) is 11.1. The number of H-pyrrole nitrogens is 1. The van der Waals surface area contributed by atoms with Crippen molar-refractivity contribution in [3.63, 3.8) is 0 Å². The van der Waals surface area contributed by atoms with Gasteiger partial charge in [0.15, 0.2) is 15.1 Å². The fraction of sp³-hybridized carbons (Fsp3) is 0.250. The molecule has 10 nitrogen and oxygen atoms in total. The molecule has 1 aromatic carbocycles. The van der Waals surface area contributed by atoms with E-state index in [0.717, 1.165) is 5.56 Å². The van der Waals surface area contributed by atoms with Crippen molar-refractivity contribution in [2.75, 3.05) is 7.11 Å². The number of hydrogen-bond donors (Lipinski definition) is 1. The molecule has 4 heterocycles. The summed E-state index contributed by atoms with van der Waals surface area (Å²) in [6, 6.07) is 11.3. The van der Waals surface area contributed by atoms with Crippen molar-refractivity contribution in [2.45, 2.75) is 50.1 Å². The maximum Gasteiger partial charge on any atom is 0.338 e. The molecule has 0 spiro atoms. The number of thiazole rings is 1. The summed E-state index contributed by atoms with van der Waals surface area (Å²) in [5.41, 5.74) is 1.53.